The summed E-state index contributed by atoms with van der Waals surface area (Å²) in [7, 11) is 0. The van der Waals surface area contributed by atoms with Gasteiger partial charge in [-0.25, -0.2) is 8.78 Å². The zero-order valence-electron chi connectivity index (χ0n) is 10.9. The minimum atomic E-state index is -1.51. The molecule has 3 N–H and O–H groups in total. The Morgan fingerprint density at radius 3 is 2.38 bits per heavy atom. The first-order valence-electron chi connectivity index (χ1n) is 6.18. The third-order valence-corrected chi connectivity index (χ3v) is 2.90. The molecule has 0 fully saturated rings. The lowest BCUT2D eigenvalue weighted by Gasteiger charge is -2.14. The Kier molecular flexibility index (Phi) is 4.49. The molecular weight excluding hydrogens is 280 g/mol. The smallest absolute Gasteiger partial charge is 0.251 e. The fourth-order valence-electron chi connectivity index (χ4n) is 1.87. The van der Waals surface area contributed by atoms with Crippen molar-refractivity contribution in [1.29, 1.82) is 0 Å². The van der Waals surface area contributed by atoms with Gasteiger partial charge in [-0.15, -0.1) is 0 Å². The lowest BCUT2D eigenvalue weighted by Crippen LogP contribution is -2.29. The lowest BCUT2D eigenvalue weighted by molar-refractivity contribution is 0.0911. The largest absolute Gasteiger partial charge is 0.508 e. The van der Waals surface area contributed by atoms with Crippen LogP contribution >= 0.6 is 0 Å². The highest BCUT2D eigenvalue weighted by Gasteiger charge is 2.18. The van der Waals surface area contributed by atoms with Crippen LogP contribution in [0, 0.1) is 11.6 Å². The summed E-state index contributed by atoms with van der Waals surface area (Å²) < 4.78 is 26.9. The average molecular weight is 293 g/mol. The van der Waals surface area contributed by atoms with Crippen LogP contribution in [0.3, 0.4) is 0 Å². The number of carbonyl (C=O) groups is 1. The number of benzene rings is 2. The van der Waals surface area contributed by atoms with Gasteiger partial charge in [0.05, 0.1) is 5.56 Å². The van der Waals surface area contributed by atoms with Crippen LogP contribution < -0.4 is 5.32 Å². The van der Waals surface area contributed by atoms with Crippen molar-refractivity contribution < 1.29 is 23.8 Å². The number of nitrogens with one attached hydrogen (secondary N) is 1. The summed E-state index contributed by atoms with van der Waals surface area (Å²) in [5.41, 5.74) is -0.315. The van der Waals surface area contributed by atoms with E-state index < -0.39 is 29.2 Å². The Labute approximate surface area is 119 Å². The third kappa shape index (κ3) is 3.55. The molecule has 4 nitrogen and oxygen atoms in total. The van der Waals surface area contributed by atoms with Gasteiger partial charge in [-0.1, -0.05) is 12.1 Å². The maximum absolute atomic E-state index is 13.5. The van der Waals surface area contributed by atoms with Crippen molar-refractivity contribution >= 4 is 5.91 Å². The first-order chi connectivity index (χ1) is 9.99. The summed E-state index contributed by atoms with van der Waals surface area (Å²) in [4.78, 5) is 11.8. The standard InChI is InChI=1S/C15H13F2NO3/c16-11-5-2-6-12(17)14(11)13(20)8-18-15(21)9-3-1-4-10(19)7-9/h1-7,13,19-20H,8H2,(H,18,21)/t13-/m1/s1. The number of aliphatic hydroxyl groups excluding tert-OH is 1. The monoisotopic (exact) mass is 293 g/mol. The van der Waals surface area contributed by atoms with Gasteiger partial charge in [0.1, 0.15) is 23.5 Å². The first-order valence-corrected chi connectivity index (χ1v) is 6.18. The summed E-state index contributed by atoms with van der Waals surface area (Å²) in [5, 5.41) is 21.4. The molecule has 2 aromatic rings. The highest BCUT2D eigenvalue weighted by molar-refractivity contribution is 5.94. The number of halogens is 2. The molecule has 0 aliphatic rings. The second-order valence-corrected chi connectivity index (χ2v) is 4.41. The van der Waals surface area contributed by atoms with E-state index in [0.29, 0.717) is 0 Å². The molecule has 1 atom stereocenters. The minimum Gasteiger partial charge on any atom is -0.508 e. The summed E-state index contributed by atoms with van der Waals surface area (Å²) in [6, 6.07) is 8.83. The van der Waals surface area contributed by atoms with Crippen LogP contribution in [-0.2, 0) is 0 Å². The molecule has 0 unspecified atom stereocenters. The average Bonchev–Trinajstić information content (AvgIpc) is 2.44. The van der Waals surface area contributed by atoms with E-state index in [-0.39, 0.29) is 17.9 Å². The van der Waals surface area contributed by atoms with Gasteiger partial charge in [0.25, 0.3) is 5.91 Å². The second kappa shape index (κ2) is 6.32. The number of aromatic hydroxyl groups is 1. The van der Waals surface area contributed by atoms with Crippen molar-refractivity contribution in [3.63, 3.8) is 0 Å². The highest BCUT2D eigenvalue weighted by Crippen LogP contribution is 2.20. The number of aliphatic hydroxyl groups is 1. The van der Waals surface area contributed by atoms with Gasteiger partial charge in [-0.3, -0.25) is 4.79 Å². The number of phenols is 1. The van der Waals surface area contributed by atoms with Crippen LogP contribution in [0.5, 0.6) is 5.75 Å². The molecule has 0 radical (unpaired) electrons. The van der Waals surface area contributed by atoms with E-state index in [9.17, 15) is 23.8 Å². The van der Waals surface area contributed by atoms with Crippen LogP contribution in [0.25, 0.3) is 0 Å². The van der Waals surface area contributed by atoms with Gasteiger partial charge >= 0.3 is 0 Å². The van der Waals surface area contributed by atoms with Crippen molar-refractivity contribution in [2.24, 2.45) is 0 Å². The normalized spacial score (nSPS) is 12.0. The highest BCUT2D eigenvalue weighted by atomic mass is 19.1. The topological polar surface area (TPSA) is 69.6 Å². The minimum absolute atomic E-state index is 0.0802. The van der Waals surface area contributed by atoms with Crippen LogP contribution in [0.1, 0.15) is 22.0 Å². The van der Waals surface area contributed by atoms with Crippen molar-refractivity contribution in [3.8, 4) is 5.75 Å². The molecule has 0 saturated carbocycles. The summed E-state index contributed by atoms with van der Waals surface area (Å²) >= 11 is 0. The van der Waals surface area contributed by atoms with Crippen LogP contribution in [0.2, 0.25) is 0 Å². The molecule has 0 aliphatic heterocycles. The van der Waals surface area contributed by atoms with E-state index in [0.717, 1.165) is 12.1 Å². The van der Waals surface area contributed by atoms with Crippen molar-refractivity contribution in [1.82, 2.24) is 5.32 Å². The zero-order valence-corrected chi connectivity index (χ0v) is 10.9. The van der Waals surface area contributed by atoms with Crippen molar-refractivity contribution in [2.45, 2.75) is 6.10 Å². The first kappa shape index (κ1) is 14.9. The molecule has 0 aromatic heterocycles. The van der Waals surface area contributed by atoms with Gasteiger partial charge in [0.15, 0.2) is 0 Å². The molecule has 6 heteroatoms. The molecule has 0 spiro atoms. The maximum Gasteiger partial charge on any atom is 0.251 e. The number of hydrogen-bond acceptors (Lipinski definition) is 3. The van der Waals surface area contributed by atoms with Crippen molar-refractivity contribution in [3.05, 3.63) is 65.2 Å². The molecule has 1 amide bonds. The molecule has 0 aliphatic carbocycles. The molecular formula is C15H13F2NO3. The van der Waals surface area contributed by atoms with Gasteiger partial charge in [0.2, 0.25) is 0 Å². The Bertz CT molecular complexity index is 641. The molecule has 2 aromatic carbocycles. The Morgan fingerprint density at radius 2 is 1.76 bits per heavy atom. The summed E-state index contributed by atoms with van der Waals surface area (Å²) in [5.74, 6) is -2.41. The number of hydrogen-bond donors (Lipinski definition) is 3. The summed E-state index contributed by atoms with van der Waals surface area (Å²) in [6.45, 7) is -0.355. The number of rotatable bonds is 4. The van der Waals surface area contributed by atoms with E-state index in [1.54, 1.807) is 0 Å². The number of phenolic OH excluding ortho intramolecular Hbond substituents is 1. The zero-order chi connectivity index (χ0) is 15.4. The van der Waals surface area contributed by atoms with E-state index in [1.165, 1.54) is 30.3 Å². The molecule has 2 rings (SSSR count). The summed E-state index contributed by atoms with van der Waals surface area (Å²) in [6.07, 6.45) is -1.51. The molecule has 110 valence electrons. The molecule has 0 saturated heterocycles. The fourth-order valence-corrected chi connectivity index (χ4v) is 1.87. The fraction of sp³-hybridized carbons (Fsp3) is 0.133. The van der Waals surface area contributed by atoms with E-state index >= 15 is 0 Å². The third-order valence-electron chi connectivity index (χ3n) is 2.90. The Balaban J connectivity index is 2.04. The predicted molar refractivity (Wildman–Crippen MR) is 71.8 cm³/mol. The second-order valence-electron chi connectivity index (χ2n) is 4.41. The van der Waals surface area contributed by atoms with Gasteiger partial charge < -0.3 is 15.5 Å². The van der Waals surface area contributed by atoms with Gasteiger partial charge in [0, 0.05) is 12.1 Å². The molecule has 0 bridgehead atoms. The SMILES string of the molecule is O=C(NC[C@@H](O)c1c(F)cccc1F)c1cccc(O)c1. The van der Waals surface area contributed by atoms with Crippen LogP contribution in [0.15, 0.2) is 42.5 Å². The van der Waals surface area contributed by atoms with Crippen molar-refractivity contribution in [2.75, 3.05) is 6.54 Å². The lowest BCUT2D eigenvalue weighted by atomic mass is 10.1. The van der Waals surface area contributed by atoms with E-state index in [1.807, 2.05) is 0 Å². The quantitative estimate of drug-likeness (QED) is 0.809. The Morgan fingerprint density at radius 1 is 1.14 bits per heavy atom. The van der Waals surface area contributed by atoms with Crippen LogP contribution in [0.4, 0.5) is 8.78 Å². The predicted octanol–water partition coefficient (Wildman–Crippen LogP) is 2.13. The Hall–Kier alpha value is -2.47. The van der Waals surface area contributed by atoms with E-state index in [4.69, 9.17) is 0 Å². The van der Waals surface area contributed by atoms with E-state index in [2.05, 4.69) is 5.32 Å². The molecule has 21 heavy (non-hydrogen) atoms. The molecule has 0 heterocycles. The maximum atomic E-state index is 13.5. The number of amides is 1. The van der Waals surface area contributed by atoms with Gasteiger partial charge in [-0.2, -0.15) is 0 Å². The number of carbonyl (C=O) groups excluding carboxylic acids is 1. The van der Waals surface area contributed by atoms with Crippen LogP contribution in [-0.4, -0.2) is 22.7 Å². The van der Waals surface area contributed by atoms with Gasteiger partial charge in [-0.05, 0) is 30.3 Å².